The lowest BCUT2D eigenvalue weighted by atomic mass is 9.78. The summed E-state index contributed by atoms with van der Waals surface area (Å²) in [4.78, 5) is 35.2. The van der Waals surface area contributed by atoms with Gasteiger partial charge in [0.15, 0.2) is 5.78 Å². The van der Waals surface area contributed by atoms with Crippen molar-refractivity contribution in [1.82, 2.24) is 0 Å². The predicted molar refractivity (Wildman–Crippen MR) is 152 cm³/mol. The number of halogens is 6. The smallest absolute Gasteiger partial charge is 0.416 e. The van der Waals surface area contributed by atoms with Gasteiger partial charge in [0.1, 0.15) is 29.3 Å². The van der Waals surface area contributed by atoms with Crippen molar-refractivity contribution in [2.45, 2.75) is 51.9 Å². The van der Waals surface area contributed by atoms with Gasteiger partial charge in [0, 0.05) is 17.0 Å². The van der Waals surface area contributed by atoms with E-state index < -0.39 is 77.6 Å². The molecule has 0 fully saturated rings. The molecule has 8 nitrogen and oxygen atoms in total. The van der Waals surface area contributed by atoms with Gasteiger partial charge in [-0.1, -0.05) is 18.2 Å². The van der Waals surface area contributed by atoms with E-state index in [1.54, 1.807) is 0 Å². The van der Waals surface area contributed by atoms with Crippen LogP contribution in [0.4, 0.5) is 26.3 Å². The summed E-state index contributed by atoms with van der Waals surface area (Å²) in [5, 5.41) is 19.4. The summed E-state index contributed by atoms with van der Waals surface area (Å²) in [5.41, 5.74) is -1.75. The van der Waals surface area contributed by atoms with Gasteiger partial charge in [-0.2, -0.15) is 26.3 Å². The summed E-state index contributed by atoms with van der Waals surface area (Å²) in [7, 11) is 0. The first-order chi connectivity index (χ1) is 21.8. The summed E-state index contributed by atoms with van der Waals surface area (Å²) in [5.74, 6) is -7.26. The third-order valence-electron chi connectivity index (χ3n) is 8.01. The first-order valence-corrected chi connectivity index (χ1v) is 14.1. The average Bonchev–Trinajstić information content (AvgIpc) is 3.25. The van der Waals surface area contributed by atoms with Crippen LogP contribution >= 0.6 is 0 Å². The standard InChI is InChI=1S/C33H26F6O8/c1-14-8-17(10-25(32(34,35)36)27(14)45-19-4-6-21(16(3)40)23(12-19)29(41)42)18-9-15(2)28(26(11-18)33(37,38)39)46-20-5-7-22-24(13-20)31(44)47-30(22)43/h4-10,12-13,18,25,27,31,44H,11H2,1-3H3,(H,41,42). The molecule has 0 bridgehead atoms. The Kier molecular flexibility index (Phi) is 8.60. The fourth-order valence-electron chi connectivity index (χ4n) is 5.79. The SMILES string of the molecule is CC(=O)c1ccc(OC2C(C)=CC(C3C=C(C)C(Oc4ccc5c(c4)C(O)OC5=O)=C(C(F)(F)F)C3)=CC2C(F)(F)F)cc1C(=O)O. The Hall–Kier alpha value is -4.85. The van der Waals surface area contributed by atoms with Crippen LogP contribution in [0.3, 0.4) is 0 Å². The molecule has 47 heavy (non-hydrogen) atoms. The summed E-state index contributed by atoms with van der Waals surface area (Å²) in [6.07, 6.45) is -10.4. The number of hydrogen-bond donors (Lipinski definition) is 2. The minimum atomic E-state index is -4.94. The number of aliphatic hydroxyl groups is 1. The van der Waals surface area contributed by atoms with E-state index in [4.69, 9.17) is 9.47 Å². The van der Waals surface area contributed by atoms with Crippen LogP contribution in [0.25, 0.3) is 0 Å². The lowest BCUT2D eigenvalue weighted by Crippen LogP contribution is -2.40. The van der Waals surface area contributed by atoms with E-state index in [2.05, 4.69) is 4.74 Å². The van der Waals surface area contributed by atoms with Gasteiger partial charge < -0.3 is 24.4 Å². The van der Waals surface area contributed by atoms with Crippen LogP contribution in [0, 0.1) is 11.8 Å². The van der Waals surface area contributed by atoms with E-state index in [0.29, 0.717) is 0 Å². The van der Waals surface area contributed by atoms with Gasteiger partial charge in [-0.05, 0) is 80.3 Å². The molecule has 0 amide bonds. The highest BCUT2D eigenvalue weighted by molar-refractivity contribution is 6.05. The Bertz CT molecular complexity index is 1800. The quantitative estimate of drug-likeness (QED) is 0.178. The molecule has 248 valence electrons. The van der Waals surface area contributed by atoms with E-state index in [1.165, 1.54) is 50.3 Å². The number of allylic oxidation sites excluding steroid dienone is 5. The number of rotatable bonds is 7. The Morgan fingerprint density at radius 3 is 2.26 bits per heavy atom. The molecule has 0 saturated carbocycles. The lowest BCUT2D eigenvalue weighted by Gasteiger charge is -2.34. The van der Waals surface area contributed by atoms with Crippen molar-refractivity contribution in [3.8, 4) is 11.5 Å². The van der Waals surface area contributed by atoms with Gasteiger partial charge in [-0.3, -0.25) is 4.79 Å². The molecule has 2 aromatic carbocycles. The zero-order valence-corrected chi connectivity index (χ0v) is 24.8. The summed E-state index contributed by atoms with van der Waals surface area (Å²) in [6, 6.07) is 6.88. The minimum Gasteiger partial charge on any atom is -0.485 e. The molecular formula is C33H26F6O8. The van der Waals surface area contributed by atoms with Crippen molar-refractivity contribution in [1.29, 1.82) is 0 Å². The highest BCUT2D eigenvalue weighted by atomic mass is 19.4. The molecule has 4 atom stereocenters. The Morgan fingerprint density at radius 1 is 0.957 bits per heavy atom. The number of cyclic esters (lactones) is 1. The zero-order valence-electron chi connectivity index (χ0n) is 24.8. The number of benzene rings is 2. The number of Topliss-reactive ketones (excluding diaryl/α,β-unsaturated/α-hetero) is 1. The molecule has 2 aromatic rings. The molecule has 2 N–H and O–H groups in total. The first kappa shape index (κ1) is 33.5. The van der Waals surface area contributed by atoms with Crippen LogP contribution in [0.1, 0.15) is 70.1 Å². The van der Waals surface area contributed by atoms with E-state index in [9.17, 15) is 50.9 Å². The summed E-state index contributed by atoms with van der Waals surface area (Å²) < 4.78 is 102. The number of aromatic carboxylic acids is 1. The highest BCUT2D eigenvalue weighted by Gasteiger charge is 2.48. The molecule has 0 aromatic heterocycles. The number of aliphatic hydroxyl groups excluding tert-OH is 1. The maximum Gasteiger partial charge on any atom is 0.416 e. The average molecular weight is 665 g/mol. The molecule has 2 aliphatic carbocycles. The van der Waals surface area contributed by atoms with Crippen molar-refractivity contribution >= 4 is 17.7 Å². The largest absolute Gasteiger partial charge is 0.485 e. The Balaban J connectivity index is 1.46. The maximum absolute atomic E-state index is 14.4. The number of fused-ring (bicyclic) bond motifs is 1. The van der Waals surface area contributed by atoms with Crippen LogP contribution in [-0.4, -0.2) is 46.4 Å². The van der Waals surface area contributed by atoms with E-state index >= 15 is 0 Å². The van der Waals surface area contributed by atoms with Crippen molar-refractivity contribution < 1.29 is 65.1 Å². The number of alkyl halides is 6. The number of carboxylic acid groups (broad SMARTS) is 1. The van der Waals surface area contributed by atoms with Gasteiger partial charge in [-0.25, -0.2) is 9.59 Å². The number of esters is 1. The van der Waals surface area contributed by atoms with Crippen LogP contribution < -0.4 is 9.47 Å². The van der Waals surface area contributed by atoms with Crippen molar-refractivity contribution in [2.75, 3.05) is 0 Å². The second-order valence-electron chi connectivity index (χ2n) is 11.3. The molecule has 1 aliphatic heterocycles. The first-order valence-electron chi connectivity index (χ1n) is 14.1. The van der Waals surface area contributed by atoms with Crippen molar-refractivity contribution in [2.24, 2.45) is 11.8 Å². The number of carboxylic acids is 1. The number of carbonyl (C=O) groups excluding carboxylic acids is 2. The van der Waals surface area contributed by atoms with Crippen LogP contribution in [-0.2, 0) is 4.74 Å². The van der Waals surface area contributed by atoms with E-state index in [1.807, 2.05) is 0 Å². The fraction of sp³-hybridized carbons (Fsp3) is 0.303. The second kappa shape index (κ2) is 12.1. The third kappa shape index (κ3) is 6.68. The predicted octanol–water partition coefficient (Wildman–Crippen LogP) is 7.42. The highest BCUT2D eigenvalue weighted by Crippen LogP contribution is 2.46. The van der Waals surface area contributed by atoms with Gasteiger partial charge in [0.2, 0.25) is 6.29 Å². The fourth-order valence-corrected chi connectivity index (χ4v) is 5.79. The van der Waals surface area contributed by atoms with Gasteiger partial charge >= 0.3 is 24.3 Å². The van der Waals surface area contributed by atoms with E-state index in [-0.39, 0.29) is 44.9 Å². The van der Waals surface area contributed by atoms with Crippen LogP contribution in [0.2, 0.25) is 0 Å². The monoisotopic (exact) mass is 664 g/mol. The molecule has 0 radical (unpaired) electrons. The topological polar surface area (TPSA) is 119 Å². The van der Waals surface area contributed by atoms with E-state index in [0.717, 1.165) is 25.1 Å². The summed E-state index contributed by atoms with van der Waals surface area (Å²) in [6.45, 7) is 3.78. The Labute approximate surface area is 263 Å². The van der Waals surface area contributed by atoms with Crippen LogP contribution in [0.5, 0.6) is 11.5 Å². The molecule has 14 heteroatoms. The molecule has 5 rings (SSSR count). The number of carbonyl (C=O) groups is 3. The number of hydrogen-bond acceptors (Lipinski definition) is 7. The van der Waals surface area contributed by atoms with Crippen molar-refractivity contribution in [3.63, 3.8) is 0 Å². The van der Waals surface area contributed by atoms with Crippen molar-refractivity contribution in [3.05, 3.63) is 105 Å². The Morgan fingerprint density at radius 2 is 1.64 bits per heavy atom. The zero-order chi connectivity index (χ0) is 34.6. The lowest BCUT2D eigenvalue weighted by molar-refractivity contribution is -0.177. The second-order valence-corrected chi connectivity index (χ2v) is 11.3. The molecule has 0 spiro atoms. The minimum absolute atomic E-state index is 0.00824. The van der Waals surface area contributed by atoms with Crippen LogP contribution in [0.15, 0.2) is 82.7 Å². The number of ketones is 1. The van der Waals surface area contributed by atoms with Gasteiger partial charge in [0.05, 0.1) is 16.7 Å². The van der Waals surface area contributed by atoms with Gasteiger partial charge in [0.25, 0.3) is 0 Å². The third-order valence-corrected chi connectivity index (χ3v) is 8.01. The molecule has 4 unspecified atom stereocenters. The molecule has 0 saturated heterocycles. The molecule has 3 aliphatic rings. The number of ether oxygens (including phenoxy) is 3. The van der Waals surface area contributed by atoms with Gasteiger partial charge in [-0.15, -0.1) is 0 Å². The molecular weight excluding hydrogens is 638 g/mol. The summed E-state index contributed by atoms with van der Waals surface area (Å²) >= 11 is 0. The molecule has 1 heterocycles. The normalized spacial score (nSPS) is 22.9. The maximum atomic E-state index is 14.4.